The normalized spacial score (nSPS) is 11.8. The Bertz CT molecular complexity index is 5570. The highest BCUT2D eigenvalue weighted by Gasteiger charge is 2.19. The molecule has 18 rings (SSSR count). The molecule has 0 aliphatic heterocycles. The second-order valence-electron chi connectivity index (χ2n) is 22.0. The highest BCUT2D eigenvalue weighted by molar-refractivity contribution is 6.26. The van der Waals surface area contributed by atoms with Crippen molar-refractivity contribution in [2.45, 2.75) is 0 Å². The van der Waals surface area contributed by atoms with Gasteiger partial charge in [-0.3, -0.25) is 13.8 Å². The highest BCUT2D eigenvalue weighted by atomic mass is 15.0. The summed E-state index contributed by atoms with van der Waals surface area (Å²) in [5.41, 5.74) is 21.6. The quantitative estimate of drug-likeness (QED) is 0.156. The summed E-state index contributed by atoms with van der Waals surface area (Å²) in [7, 11) is 0. The predicted molar refractivity (Wildman–Crippen MR) is 355 cm³/mol. The van der Waals surface area contributed by atoms with Crippen molar-refractivity contribution >= 4 is 98.3 Å². The Hall–Kier alpha value is -11.5. The zero-order valence-electron chi connectivity index (χ0n) is 46.1. The van der Waals surface area contributed by atoms with E-state index in [-0.39, 0.29) is 0 Å². The van der Waals surface area contributed by atoms with Crippen molar-refractivity contribution in [2.75, 3.05) is 0 Å². The van der Waals surface area contributed by atoms with E-state index >= 15 is 0 Å². The van der Waals surface area contributed by atoms with Crippen LogP contribution in [0.2, 0.25) is 0 Å². The molecule has 0 amide bonds. The Balaban J connectivity index is 0.000000148. The molecule has 85 heavy (non-hydrogen) atoms. The Morgan fingerprint density at radius 1 is 0.247 bits per heavy atom. The maximum Gasteiger partial charge on any atom is 0.137 e. The van der Waals surface area contributed by atoms with Gasteiger partial charge >= 0.3 is 0 Å². The summed E-state index contributed by atoms with van der Waals surface area (Å²) in [5.74, 6) is 0. The van der Waals surface area contributed by atoms with Crippen LogP contribution in [0.3, 0.4) is 0 Å². The number of aromatic nitrogens is 6. The molecule has 18 aromatic rings. The number of pyridine rings is 3. The van der Waals surface area contributed by atoms with E-state index in [2.05, 4.69) is 298 Å². The van der Waals surface area contributed by atoms with Crippen LogP contribution in [0.5, 0.6) is 0 Å². The number of benzene rings is 12. The Kier molecular flexibility index (Phi) is 11.1. The van der Waals surface area contributed by atoms with Crippen LogP contribution in [0.25, 0.3) is 160 Å². The molecule has 0 saturated carbocycles. The van der Waals surface area contributed by atoms with Gasteiger partial charge in [0.2, 0.25) is 0 Å². The van der Waals surface area contributed by atoms with Gasteiger partial charge < -0.3 is 4.57 Å². The van der Waals surface area contributed by atoms with E-state index in [0.29, 0.717) is 0 Å². The molecule has 6 nitrogen and oxygen atoms in total. The fourth-order valence-corrected chi connectivity index (χ4v) is 13.1. The summed E-state index contributed by atoms with van der Waals surface area (Å²) in [6.45, 7) is 0. The smallest absolute Gasteiger partial charge is 0.137 e. The van der Waals surface area contributed by atoms with Gasteiger partial charge in [-0.05, 0) is 151 Å². The molecule has 0 aliphatic carbocycles. The molecule has 6 heterocycles. The summed E-state index contributed by atoms with van der Waals surface area (Å²) in [6.07, 6.45) is 6.07. The molecule has 0 atom stereocenters. The fraction of sp³-hybridized carbons (Fsp3) is 0. The highest BCUT2D eigenvalue weighted by Crippen LogP contribution is 2.42. The maximum absolute atomic E-state index is 5.12. The maximum atomic E-state index is 5.12. The molecule has 6 heteroatoms. The minimum Gasteiger partial charge on any atom is -0.309 e. The van der Waals surface area contributed by atoms with Gasteiger partial charge in [-0.1, -0.05) is 200 Å². The predicted octanol–water partition coefficient (Wildman–Crippen LogP) is 20.4. The monoisotopic (exact) mass is 1080 g/mol. The average Bonchev–Trinajstić information content (AvgIpc) is 2.77. The lowest BCUT2D eigenvalue weighted by Gasteiger charge is -2.12. The van der Waals surface area contributed by atoms with Crippen molar-refractivity contribution in [2.24, 2.45) is 0 Å². The molecule has 396 valence electrons. The van der Waals surface area contributed by atoms with Crippen molar-refractivity contribution in [1.29, 1.82) is 0 Å². The van der Waals surface area contributed by atoms with E-state index in [0.717, 1.165) is 55.7 Å². The van der Waals surface area contributed by atoms with Crippen LogP contribution in [-0.4, -0.2) is 28.3 Å². The number of para-hydroxylation sites is 2. The number of hydrogen-bond donors (Lipinski definition) is 0. The van der Waals surface area contributed by atoms with Crippen molar-refractivity contribution < 1.29 is 0 Å². The molecule has 12 aromatic carbocycles. The van der Waals surface area contributed by atoms with Crippen LogP contribution in [0.4, 0.5) is 0 Å². The van der Waals surface area contributed by atoms with Crippen molar-refractivity contribution in [3.63, 3.8) is 0 Å². The van der Waals surface area contributed by atoms with Gasteiger partial charge in [-0.25, -0.2) is 9.97 Å². The first-order valence-corrected chi connectivity index (χ1v) is 28.9. The zero-order chi connectivity index (χ0) is 56.0. The van der Waals surface area contributed by atoms with Crippen LogP contribution < -0.4 is 0 Å². The summed E-state index contributed by atoms with van der Waals surface area (Å²) in [4.78, 5) is 14.7. The van der Waals surface area contributed by atoms with Crippen molar-refractivity contribution in [3.8, 4) is 61.5 Å². The second-order valence-corrected chi connectivity index (χ2v) is 22.0. The Morgan fingerprint density at radius 3 is 1.12 bits per heavy atom. The summed E-state index contributed by atoms with van der Waals surface area (Å²) in [5, 5.41) is 12.2. The number of nitrogens with zero attached hydrogens (tertiary/aromatic N) is 6. The molecule has 0 bridgehead atoms. The van der Waals surface area contributed by atoms with Crippen LogP contribution in [0.15, 0.2) is 304 Å². The molecule has 0 unspecified atom stereocenters. The van der Waals surface area contributed by atoms with E-state index < -0.39 is 0 Å². The summed E-state index contributed by atoms with van der Waals surface area (Å²) < 4.78 is 6.79. The van der Waals surface area contributed by atoms with Gasteiger partial charge in [0, 0.05) is 62.2 Å². The molecule has 0 saturated heterocycles. The lowest BCUT2D eigenvalue weighted by atomic mass is 9.93. The minimum absolute atomic E-state index is 0.959. The van der Waals surface area contributed by atoms with E-state index in [1.54, 1.807) is 0 Å². The van der Waals surface area contributed by atoms with Gasteiger partial charge in [0.15, 0.2) is 0 Å². The van der Waals surface area contributed by atoms with E-state index in [9.17, 15) is 0 Å². The third-order valence-corrected chi connectivity index (χ3v) is 17.2. The Morgan fingerprint density at radius 2 is 0.624 bits per heavy atom. The first-order valence-electron chi connectivity index (χ1n) is 28.9. The second kappa shape index (κ2) is 19.6. The topological polar surface area (TPSA) is 52.4 Å². The third kappa shape index (κ3) is 7.99. The third-order valence-electron chi connectivity index (χ3n) is 17.2. The van der Waals surface area contributed by atoms with Crippen LogP contribution in [0, 0.1) is 0 Å². The molecule has 0 fully saturated rings. The molecule has 6 aromatic heterocycles. The molecule has 0 N–H and O–H groups in total. The minimum atomic E-state index is 0.959. The van der Waals surface area contributed by atoms with Gasteiger partial charge in [-0.2, -0.15) is 0 Å². The van der Waals surface area contributed by atoms with E-state index in [1.165, 1.54) is 104 Å². The molecular weight excluding hydrogens is 1030 g/mol. The number of imidazole rings is 2. The molecule has 0 aliphatic rings. The zero-order valence-corrected chi connectivity index (χ0v) is 46.1. The van der Waals surface area contributed by atoms with Crippen LogP contribution in [-0.2, 0) is 0 Å². The Labute approximate surface area is 489 Å². The van der Waals surface area contributed by atoms with E-state index in [1.807, 2.05) is 24.4 Å². The lowest BCUT2D eigenvalue weighted by Crippen LogP contribution is -1.93. The van der Waals surface area contributed by atoms with E-state index in [4.69, 9.17) is 9.97 Å². The van der Waals surface area contributed by atoms with Gasteiger partial charge in [0.1, 0.15) is 11.3 Å². The summed E-state index contributed by atoms with van der Waals surface area (Å²) >= 11 is 0. The van der Waals surface area contributed by atoms with Crippen LogP contribution in [0.1, 0.15) is 0 Å². The van der Waals surface area contributed by atoms with Crippen molar-refractivity contribution in [3.05, 3.63) is 304 Å². The van der Waals surface area contributed by atoms with Gasteiger partial charge in [0.05, 0.1) is 38.8 Å². The first-order chi connectivity index (χ1) is 42.1. The largest absolute Gasteiger partial charge is 0.309 e. The van der Waals surface area contributed by atoms with Gasteiger partial charge in [-0.15, -0.1) is 0 Å². The number of fused-ring (bicyclic) bond motifs is 19. The molecular formula is C79H50N6. The lowest BCUT2D eigenvalue weighted by molar-refractivity contribution is 1.18. The number of rotatable bonds is 6. The molecule has 0 radical (unpaired) electrons. The molecule has 0 spiro atoms. The van der Waals surface area contributed by atoms with Crippen LogP contribution >= 0.6 is 0 Å². The fourth-order valence-electron chi connectivity index (χ4n) is 13.1. The standard InChI is InChI=1S/C49H31N3.C30H19N3/c1-2-10-32(11-3-1)36-23-27-41-43(30-36)44-31-37(24-28-42(44)49-48(41)50-47-16-8-9-29-51(47)49)35-19-17-33(18-20-35)34-21-25-38(26-22-34)52-45-14-6-4-12-39(45)40-13-5-7-15-46(40)52;1-2-8-20(9-3-1)21-12-15-24-26(18-21)25-19-22(27-10-4-6-16-31-27)13-14-23(25)29-30(24)33-17-7-5-11-28(33)32-29/h1-31H;1-19H. The van der Waals surface area contributed by atoms with Crippen molar-refractivity contribution in [1.82, 2.24) is 28.3 Å². The average molecular weight is 1080 g/mol. The van der Waals surface area contributed by atoms with Gasteiger partial charge in [0.25, 0.3) is 0 Å². The summed E-state index contributed by atoms with van der Waals surface area (Å²) in [6, 6.07) is 102. The number of hydrogen-bond acceptors (Lipinski definition) is 3. The SMILES string of the molecule is c1ccc(-c2ccc3c(c2)c2cc(-c4ccc(-c5ccc(-n6c7ccccc7c7ccccc76)cc5)cc4)ccc2c2c3nc3ccccn32)cc1.c1ccc(-c2ccc3c(c2)c2cc(-c4ccccn4)ccc2c2nc4ccccn4c32)cc1. The first kappa shape index (κ1) is 48.3.